The van der Waals surface area contributed by atoms with Crippen molar-refractivity contribution in [3.63, 3.8) is 0 Å². The molecule has 0 fully saturated rings. The van der Waals surface area contributed by atoms with Gasteiger partial charge in [-0.25, -0.2) is 0 Å². The van der Waals surface area contributed by atoms with E-state index in [1.54, 1.807) is 6.92 Å². The molecule has 4 heteroatoms. The van der Waals surface area contributed by atoms with Gasteiger partial charge in [0.2, 0.25) is 0 Å². The number of ether oxygens (including phenoxy) is 1. The molecule has 0 radical (unpaired) electrons. The third kappa shape index (κ3) is 2.74. The van der Waals surface area contributed by atoms with Crippen LogP contribution >= 0.6 is 0 Å². The van der Waals surface area contributed by atoms with Crippen LogP contribution in [0.15, 0.2) is 23.0 Å². The summed E-state index contributed by atoms with van der Waals surface area (Å²) in [7, 11) is 0. The molecule has 0 unspecified atom stereocenters. The molecular formula is C9H10O4. The quantitative estimate of drug-likeness (QED) is 0.401. The zero-order chi connectivity index (χ0) is 9.68. The second-order valence-corrected chi connectivity index (χ2v) is 2.42. The van der Waals surface area contributed by atoms with Gasteiger partial charge in [0.15, 0.2) is 5.78 Å². The van der Waals surface area contributed by atoms with E-state index in [4.69, 9.17) is 4.42 Å². The minimum atomic E-state index is -0.506. The summed E-state index contributed by atoms with van der Waals surface area (Å²) in [5, 5.41) is 0. The van der Waals surface area contributed by atoms with Crippen molar-refractivity contribution >= 4 is 11.8 Å². The van der Waals surface area contributed by atoms with E-state index >= 15 is 0 Å². The van der Waals surface area contributed by atoms with Gasteiger partial charge < -0.3 is 9.15 Å². The smallest absolute Gasteiger partial charge is 0.313 e. The molecule has 0 aromatic carbocycles. The minimum absolute atomic E-state index is 0.229. The highest BCUT2D eigenvalue weighted by atomic mass is 16.5. The first-order valence-corrected chi connectivity index (χ1v) is 3.95. The topological polar surface area (TPSA) is 56.5 Å². The number of furan rings is 1. The van der Waals surface area contributed by atoms with E-state index < -0.39 is 5.97 Å². The van der Waals surface area contributed by atoms with Crippen LogP contribution in [0, 0.1) is 0 Å². The molecule has 70 valence electrons. The molecule has 0 saturated carbocycles. The Morgan fingerprint density at radius 3 is 2.85 bits per heavy atom. The predicted molar refractivity (Wildman–Crippen MR) is 44.3 cm³/mol. The maximum Gasteiger partial charge on any atom is 0.313 e. The van der Waals surface area contributed by atoms with Crippen LogP contribution in [0.4, 0.5) is 0 Å². The standard InChI is InChI=1S/C9H10O4/c1-2-13-9(11)5-8(10)7-3-4-12-6-7/h3-4,6H,2,5H2,1H3. The lowest BCUT2D eigenvalue weighted by Gasteiger charge is -1.98. The largest absolute Gasteiger partial charge is 0.472 e. The fourth-order valence-corrected chi connectivity index (χ4v) is 0.868. The Morgan fingerprint density at radius 1 is 1.54 bits per heavy atom. The normalized spacial score (nSPS) is 9.62. The first-order valence-electron chi connectivity index (χ1n) is 3.95. The Bertz CT molecular complexity index is 287. The molecule has 0 atom stereocenters. The predicted octanol–water partition coefficient (Wildman–Crippen LogP) is 1.42. The van der Waals surface area contributed by atoms with Gasteiger partial charge in [0.25, 0.3) is 0 Å². The van der Waals surface area contributed by atoms with Crippen LogP contribution in [-0.2, 0) is 9.53 Å². The fraction of sp³-hybridized carbons (Fsp3) is 0.333. The van der Waals surface area contributed by atoms with E-state index in [1.807, 2.05) is 0 Å². The molecule has 1 aromatic heterocycles. The summed E-state index contributed by atoms with van der Waals surface area (Å²) in [6.45, 7) is 1.98. The Morgan fingerprint density at radius 2 is 2.31 bits per heavy atom. The van der Waals surface area contributed by atoms with Crippen molar-refractivity contribution in [2.45, 2.75) is 13.3 Å². The molecule has 4 nitrogen and oxygen atoms in total. The molecule has 13 heavy (non-hydrogen) atoms. The van der Waals surface area contributed by atoms with Crippen molar-refractivity contribution in [1.82, 2.24) is 0 Å². The first kappa shape index (κ1) is 9.51. The molecule has 1 heterocycles. The van der Waals surface area contributed by atoms with Crippen LogP contribution < -0.4 is 0 Å². The van der Waals surface area contributed by atoms with Gasteiger partial charge in [-0.3, -0.25) is 9.59 Å². The Balaban J connectivity index is 2.47. The van der Waals surface area contributed by atoms with Crippen LogP contribution in [0.3, 0.4) is 0 Å². The van der Waals surface area contributed by atoms with Gasteiger partial charge in [0, 0.05) is 0 Å². The number of carbonyl (C=O) groups excluding carboxylic acids is 2. The minimum Gasteiger partial charge on any atom is -0.472 e. The zero-order valence-corrected chi connectivity index (χ0v) is 7.28. The lowest BCUT2D eigenvalue weighted by molar-refractivity contribution is -0.141. The van der Waals surface area contributed by atoms with E-state index in [0.717, 1.165) is 0 Å². The van der Waals surface area contributed by atoms with E-state index in [1.165, 1.54) is 18.6 Å². The van der Waals surface area contributed by atoms with Gasteiger partial charge in [-0.1, -0.05) is 0 Å². The molecule has 0 aliphatic heterocycles. The SMILES string of the molecule is CCOC(=O)CC(=O)c1ccoc1. The summed E-state index contributed by atoms with van der Waals surface area (Å²) in [5.41, 5.74) is 0.396. The van der Waals surface area contributed by atoms with Crippen molar-refractivity contribution in [2.24, 2.45) is 0 Å². The van der Waals surface area contributed by atoms with Gasteiger partial charge in [-0.2, -0.15) is 0 Å². The second kappa shape index (κ2) is 4.45. The van der Waals surface area contributed by atoms with Crippen molar-refractivity contribution in [2.75, 3.05) is 6.61 Å². The third-order valence-electron chi connectivity index (χ3n) is 1.45. The van der Waals surface area contributed by atoms with E-state index in [-0.39, 0.29) is 18.8 Å². The molecule has 1 aromatic rings. The van der Waals surface area contributed by atoms with Crippen LogP contribution in [0.2, 0.25) is 0 Å². The zero-order valence-electron chi connectivity index (χ0n) is 7.28. The summed E-state index contributed by atoms with van der Waals surface area (Å²) in [4.78, 5) is 22.1. The second-order valence-electron chi connectivity index (χ2n) is 2.42. The summed E-state index contributed by atoms with van der Waals surface area (Å²) >= 11 is 0. The molecule has 0 spiro atoms. The number of hydrogen-bond donors (Lipinski definition) is 0. The Kier molecular flexibility index (Phi) is 3.25. The molecule has 0 aliphatic carbocycles. The molecule has 0 aliphatic rings. The van der Waals surface area contributed by atoms with Crippen LogP contribution in [0.25, 0.3) is 0 Å². The number of ketones is 1. The Hall–Kier alpha value is -1.58. The van der Waals surface area contributed by atoms with Crippen molar-refractivity contribution in [3.8, 4) is 0 Å². The summed E-state index contributed by atoms with van der Waals surface area (Å²) in [5.74, 6) is -0.791. The highest BCUT2D eigenvalue weighted by Crippen LogP contribution is 2.04. The van der Waals surface area contributed by atoms with Crippen LogP contribution in [0.1, 0.15) is 23.7 Å². The lowest BCUT2D eigenvalue weighted by atomic mass is 10.2. The van der Waals surface area contributed by atoms with Crippen molar-refractivity contribution in [3.05, 3.63) is 24.2 Å². The summed E-state index contributed by atoms with van der Waals surface area (Å²) < 4.78 is 9.32. The van der Waals surface area contributed by atoms with E-state index in [0.29, 0.717) is 5.56 Å². The molecular weight excluding hydrogens is 172 g/mol. The molecule has 0 N–H and O–H groups in total. The molecule has 0 bridgehead atoms. The fourth-order valence-electron chi connectivity index (χ4n) is 0.868. The van der Waals surface area contributed by atoms with Crippen LogP contribution in [0.5, 0.6) is 0 Å². The maximum absolute atomic E-state index is 11.2. The average molecular weight is 182 g/mol. The van der Waals surface area contributed by atoms with Gasteiger partial charge in [0.1, 0.15) is 12.7 Å². The van der Waals surface area contributed by atoms with E-state index in [9.17, 15) is 9.59 Å². The van der Waals surface area contributed by atoms with Crippen LogP contribution in [-0.4, -0.2) is 18.4 Å². The maximum atomic E-state index is 11.2. The van der Waals surface area contributed by atoms with Gasteiger partial charge in [-0.15, -0.1) is 0 Å². The average Bonchev–Trinajstić information content (AvgIpc) is 2.55. The monoisotopic (exact) mass is 182 g/mol. The van der Waals surface area contributed by atoms with Crippen molar-refractivity contribution in [1.29, 1.82) is 0 Å². The number of Topliss-reactive ketones (excluding diaryl/α,β-unsaturated/α-hetero) is 1. The number of rotatable bonds is 4. The molecule has 0 saturated heterocycles. The first-order chi connectivity index (χ1) is 6.24. The molecule has 1 rings (SSSR count). The van der Waals surface area contributed by atoms with E-state index in [2.05, 4.69) is 4.74 Å². The highest BCUT2D eigenvalue weighted by molar-refractivity contribution is 6.05. The third-order valence-corrected chi connectivity index (χ3v) is 1.45. The number of esters is 1. The Labute approximate surface area is 75.5 Å². The number of hydrogen-bond acceptors (Lipinski definition) is 4. The van der Waals surface area contributed by atoms with Gasteiger partial charge >= 0.3 is 5.97 Å². The number of carbonyl (C=O) groups is 2. The van der Waals surface area contributed by atoms with Gasteiger partial charge in [0.05, 0.1) is 18.4 Å². The van der Waals surface area contributed by atoms with Crippen molar-refractivity contribution < 1.29 is 18.7 Å². The summed E-state index contributed by atoms with van der Waals surface area (Å²) in [6, 6.07) is 1.52. The summed E-state index contributed by atoms with van der Waals surface area (Å²) in [6.07, 6.45) is 2.47. The highest BCUT2D eigenvalue weighted by Gasteiger charge is 2.12. The molecule has 0 amide bonds. The van der Waals surface area contributed by atoms with Gasteiger partial charge in [-0.05, 0) is 13.0 Å². The lowest BCUT2D eigenvalue weighted by Crippen LogP contribution is -2.10.